The van der Waals surface area contributed by atoms with Gasteiger partial charge in [0.05, 0.1) is 18.5 Å². The standard InChI is InChI=1S/C10H11Cl2NO/c11-5-10(14)7-13-6-8-1-3-9(12)4-2-8/h1-4,6,10,14H,5,7H2/b13-6+. The van der Waals surface area contributed by atoms with Gasteiger partial charge in [-0.2, -0.15) is 0 Å². The van der Waals surface area contributed by atoms with Gasteiger partial charge < -0.3 is 5.11 Å². The second-order valence-corrected chi connectivity index (χ2v) is 3.60. The molecule has 14 heavy (non-hydrogen) atoms. The lowest BCUT2D eigenvalue weighted by Crippen LogP contribution is -2.12. The van der Waals surface area contributed by atoms with Gasteiger partial charge in [0.25, 0.3) is 0 Å². The topological polar surface area (TPSA) is 32.6 Å². The van der Waals surface area contributed by atoms with Crippen LogP contribution in [0.2, 0.25) is 5.02 Å². The van der Waals surface area contributed by atoms with Crippen molar-refractivity contribution < 1.29 is 5.11 Å². The van der Waals surface area contributed by atoms with Gasteiger partial charge in [0.2, 0.25) is 0 Å². The van der Waals surface area contributed by atoms with Gasteiger partial charge in [0.15, 0.2) is 0 Å². The first-order valence-corrected chi connectivity index (χ1v) is 5.13. The van der Waals surface area contributed by atoms with E-state index in [4.69, 9.17) is 28.3 Å². The van der Waals surface area contributed by atoms with Crippen LogP contribution in [0, 0.1) is 0 Å². The fourth-order valence-electron chi connectivity index (χ4n) is 0.877. The molecule has 0 saturated heterocycles. The number of halogens is 2. The first-order chi connectivity index (χ1) is 6.72. The third-order valence-corrected chi connectivity index (χ3v) is 2.21. The molecule has 1 rings (SSSR count). The fourth-order valence-corrected chi connectivity index (χ4v) is 1.10. The minimum Gasteiger partial charge on any atom is -0.390 e. The largest absolute Gasteiger partial charge is 0.390 e. The highest BCUT2D eigenvalue weighted by molar-refractivity contribution is 6.30. The van der Waals surface area contributed by atoms with Crippen LogP contribution in [0.1, 0.15) is 5.56 Å². The number of aliphatic hydroxyl groups is 1. The molecule has 0 saturated carbocycles. The molecule has 0 amide bonds. The van der Waals surface area contributed by atoms with Crippen LogP contribution in [-0.4, -0.2) is 29.8 Å². The Kier molecular flexibility index (Phi) is 4.94. The summed E-state index contributed by atoms with van der Waals surface area (Å²) in [6.45, 7) is 0.326. The van der Waals surface area contributed by atoms with Crippen molar-refractivity contribution in [2.45, 2.75) is 6.10 Å². The normalized spacial score (nSPS) is 13.4. The van der Waals surface area contributed by atoms with E-state index in [-0.39, 0.29) is 5.88 Å². The third kappa shape index (κ3) is 4.09. The van der Waals surface area contributed by atoms with Crippen LogP contribution in [0.5, 0.6) is 0 Å². The number of hydrogen-bond acceptors (Lipinski definition) is 2. The van der Waals surface area contributed by atoms with Gasteiger partial charge in [-0.15, -0.1) is 11.6 Å². The molecule has 4 heteroatoms. The highest BCUT2D eigenvalue weighted by Gasteiger charge is 1.97. The molecular formula is C10H11Cl2NO. The quantitative estimate of drug-likeness (QED) is 0.627. The monoisotopic (exact) mass is 231 g/mol. The van der Waals surface area contributed by atoms with Crippen LogP contribution in [0.15, 0.2) is 29.3 Å². The Morgan fingerprint density at radius 2 is 2.00 bits per heavy atom. The number of hydrogen-bond donors (Lipinski definition) is 1. The lowest BCUT2D eigenvalue weighted by atomic mass is 10.2. The van der Waals surface area contributed by atoms with E-state index in [1.165, 1.54) is 0 Å². The molecule has 1 aromatic rings. The van der Waals surface area contributed by atoms with E-state index in [1.807, 2.05) is 12.1 Å². The van der Waals surface area contributed by atoms with E-state index in [0.717, 1.165) is 5.56 Å². The van der Waals surface area contributed by atoms with Crippen molar-refractivity contribution in [2.24, 2.45) is 4.99 Å². The lowest BCUT2D eigenvalue weighted by Gasteiger charge is -2.00. The van der Waals surface area contributed by atoms with E-state index in [0.29, 0.717) is 11.6 Å². The first-order valence-electron chi connectivity index (χ1n) is 4.22. The number of rotatable bonds is 4. The Labute approximate surface area is 93.2 Å². The van der Waals surface area contributed by atoms with Crippen molar-refractivity contribution in [3.63, 3.8) is 0 Å². The maximum atomic E-state index is 9.11. The van der Waals surface area contributed by atoms with Gasteiger partial charge in [-0.25, -0.2) is 0 Å². The molecule has 0 aliphatic rings. The van der Waals surface area contributed by atoms with Crippen LogP contribution in [-0.2, 0) is 0 Å². The number of alkyl halides is 1. The van der Waals surface area contributed by atoms with Gasteiger partial charge in [-0.05, 0) is 17.7 Å². The van der Waals surface area contributed by atoms with Crippen molar-refractivity contribution in [3.8, 4) is 0 Å². The summed E-state index contributed by atoms with van der Waals surface area (Å²) < 4.78 is 0. The fraction of sp³-hybridized carbons (Fsp3) is 0.300. The van der Waals surface area contributed by atoms with Crippen LogP contribution in [0.3, 0.4) is 0 Å². The average molecular weight is 232 g/mol. The van der Waals surface area contributed by atoms with Gasteiger partial charge in [-0.3, -0.25) is 4.99 Å². The molecule has 0 aliphatic heterocycles. The minimum atomic E-state index is -0.569. The first kappa shape index (κ1) is 11.5. The van der Waals surface area contributed by atoms with Crippen molar-refractivity contribution in [1.82, 2.24) is 0 Å². The Morgan fingerprint density at radius 3 is 2.57 bits per heavy atom. The molecule has 0 aromatic heterocycles. The molecule has 0 bridgehead atoms. The van der Waals surface area contributed by atoms with Crippen LogP contribution < -0.4 is 0 Å². The summed E-state index contributed by atoms with van der Waals surface area (Å²) in [4.78, 5) is 4.04. The zero-order valence-electron chi connectivity index (χ0n) is 7.53. The second-order valence-electron chi connectivity index (χ2n) is 2.85. The molecule has 76 valence electrons. The second kappa shape index (κ2) is 6.02. The van der Waals surface area contributed by atoms with E-state index in [9.17, 15) is 0 Å². The highest BCUT2D eigenvalue weighted by atomic mass is 35.5. The van der Waals surface area contributed by atoms with Gasteiger partial charge in [-0.1, -0.05) is 23.7 Å². The van der Waals surface area contributed by atoms with Gasteiger partial charge in [0.1, 0.15) is 0 Å². The molecule has 0 aliphatic carbocycles. The average Bonchev–Trinajstić information content (AvgIpc) is 2.21. The number of nitrogens with zero attached hydrogens (tertiary/aromatic N) is 1. The Morgan fingerprint density at radius 1 is 1.36 bits per heavy atom. The number of benzene rings is 1. The van der Waals surface area contributed by atoms with Crippen LogP contribution in [0.4, 0.5) is 0 Å². The highest BCUT2D eigenvalue weighted by Crippen LogP contribution is 2.07. The lowest BCUT2D eigenvalue weighted by molar-refractivity contribution is 0.207. The predicted molar refractivity (Wildman–Crippen MR) is 60.6 cm³/mol. The van der Waals surface area contributed by atoms with Gasteiger partial charge in [0, 0.05) is 11.2 Å². The smallest absolute Gasteiger partial charge is 0.0870 e. The van der Waals surface area contributed by atoms with Gasteiger partial charge >= 0.3 is 0 Å². The third-order valence-electron chi connectivity index (χ3n) is 1.60. The molecule has 1 atom stereocenters. The zero-order chi connectivity index (χ0) is 10.4. The van der Waals surface area contributed by atoms with Crippen molar-refractivity contribution >= 4 is 29.4 Å². The van der Waals surface area contributed by atoms with Crippen molar-refractivity contribution in [3.05, 3.63) is 34.9 Å². The number of aliphatic hydroxyl groups excluding tert-OH is 1. The van der Waals surface area contributed by atoms with E-state index in [2.05, 4.69) is 4.99 Å². The predicted octanol–water partition coefficient (Wildman–Crippen LogP) is 2.36. The molecule has 1 aromatic carbocycles. The molecule has 0 fully saturated rings. The van der Waals surface area contributed by atoms with Crippen LogP contribution >= 0.6 is 23.2 Å². The Balaban J connectivity index is 2.48. The summed E-state index contributed by atoms with van der Waals surface area (Å²) in [5, 5.41) is 9.81. The molecule has 1 unspecified atom stereocenters. The summed E-state index contributed by atoms with van der Waals surface area (Å²) in [6, 6.07) is 7.31. The Hall–Kier alpha value is -0.570. The SMILES string of the molecule is OC(CCl)C/N=C/c1ccc(Cl)cc1. The molecule has 0 heterocycles. The molecule has 0 spiro atoms. The number of aliphatic imine (C=N–C) groups is 1. The zero-order valence-corrected chi connectivity index (χ0v) is 9.04. The summed E-state index contributed by atoms with van der Waals surface area (Å²) in [5.74, 6) is 0.206. The summed E-state index contributed by atoms with van der Waals surface area (Å²) in [6.07, 6.45) is 1.12. The van der Waals surface area contributed by atoms with E-state index in [1.54, 1.807) is 18.3 Å². The molecular weight excluding hydrogens is 221 g/mol. The molecule has 0 radical (unpaired) electrons. The molecule has 1 N–H and O–H groups in total. The Bertz CT molecular complexity index is 297. The maximum absolute atomic E-state index is 9.11. The summed E-state index contributed by atoms with van der Waals surface area (Å²) in [7, 11) is 0. The summed E-state index contributed by atoms with van der Waals surface area (Å²) >= 11 is 11.1. The van der Waals surface area contributed by atoms with E-state index >= 15 is 0 Å². The molecule has 2 nitrogen and oxygen atoms in total. The van der Waals surface area contributed by atoms with Crippen LogP contribution in [0.25, 0.3) is 0 Å². The summed E-state index contributed by atoms with van der Waals surface area (Å²) in [5.41, 5.74) is 0.955. The van der Waals surface area contributed by atoms with E-state index < -0.39 is 6.10 Å². The minimum absolute atomic E-state index is 0.206. The van der Waals surface area contributed by atoms with Crippen molar-refractivity contribution in [2.75, 3.05) is 12.4 Å². The maximum Gasteiger partial charge on any atom is 0.0870 e. The van der Waals surface area contributed by atoms with Crippen molar-refractivity contribution in [1.29, 1.82) is 0 Å².